The van der Waals surface area contributed by atoms with Gasteiger partial charge in [0.1, 0.15) is 0 Å². The maximum atomic E-state index is 12.5. The van der Waals surface area contributed by atoms with E-state index in [-0.39, 0.29) is 0 Å². The van der Waals surface area contributed by atoms with Crippen LogP contribution in [-0.2, 0) is 10.0 Å². The normalized spacial score (nSPS) is 29.8. The average molecular weight is 322 g/mol. The van der Waals surface area contributed by atoms with Crippen molar-refractivity contribution in [3.8, 4) is 0 Å². The van der Waals surface area contributed by atoms with Crippen LogP contribution in [0.25, 0.3) is 0 Å². The van der Waals surface area contributed by atoms with Crippen LogP contribution in [0, 0.1) is 11.8 Å². The number of benzene rings is 1. The fraction of sp³-hybridized carbons (Fsp3) is 0.647. The molecular weight excluding hydrogens is 296 g/mol. The second kappa shape index (κ2) is 6.30. The van der Waals surface area contributed by atoms with Gasteiger partial charge >= 0.3 is 0 Å². The molecule has 0 unspecified atom stereocenters. The Morgan fingerprint density at radius 2 is 1.86 bits per heavy atom. The minimum atomic E-state index is -3.07. The fourth-order valence-corrected chi connectivity index (χ4v) is 5.78. The summed E-state index contributed by atoms with van der Waals surface area (Å²) in [4.78, 5) is 2.39. The molecule has 1 aromatic rings. The predicted molar refractivity (Wildman–Crippen MR) is 89.1 cm³/mol. The van der Waals surface area contributed by atoms with Crippen LogP contribution in [0.3, 0.4) is 0 Å². The van der Waals surface area contributed by atoms with E-state index in [1.807, 2.05) is 13.0 Å². The van der Waals surface area contributed by atoms with E-state index in [0.717, 1.165) is 19.4 Å². The molecule has 0 radical (unpaired) electrons. The minimum absolute atomic E-state index is 0.300. The van der Waals surface area contributed by atoms with Gasteiger partial charge in [-0.1, -0.05) is 43.7 Å². The molecule has 4 nitrogen and oxygen atoms in total. The van der Waals surface area contributed by atoms with Gasteiger partial charge in [0.15, 0.2) is 0 Å². The molecule has 3 rings (SSSR count). The van der Waals surface area contributed by atoms with Crippen LogP contribution in [0.1, 0.15) is 31.4 Å². The first-order valence-corrected chi connectivity index (χ1v) is 9.87. The van der Waals surface area contributed by atoms with Crippen LogP contribution in [0.5, 0.6) is 0 Å². The Balaban J connectivity index is 1.77. The van der Waals surface area contributed by atoms with Gasteiger partial charge in [0.05, 0.1) is 5.75 Å². The second-order valence-corrected chi connectivity index (χ2v) is 8.79. The summed E-state index contributed by atoms with van der Waals surface area (Å²) in [5.41, 5.74) is 1.31. The van der Waals surface area contributed by atoms with E-state index < -0.39 is 10.0 Å². The molecule has 1 aromatic carbocycles. The lowest BCUT2D eigenvalue weighted by Gasteiger charge is -2.26. The van der Waals surface area contributed by atoms with E-state index in [2.05, 4.69) is 36.2 Å². The van der Waals surface area contributed by atoms with Crippen LogP contribution in [0.15, 0.2) is 30.3 Å². The summed E-state index contributed by atoms with van der Waals surface area (Å²) in [6.07, 6.45) is 1.69. The summed E-state index contributed by atoms with van der Waals surface area (Å²) in [7, 11) is -0.914. The van der Waals surface area contributed by atoms with Gasteiger partial charge in [-0.3, -0.25) is 4.90 Å². The second-order valence-electron chi connectivity index (χ2n) is 6.71. The summed E-state index contributed by atoms with van der Waals surface area (Å²) in [5.74, 6) is 1.19. The molecule has 0 amide bonds. The number of likely N-dealkylation sites (tertiary alicyclic amines) is 1. The highest BCUT2D eigenvalue weighted by molar-refractivity contribution is 7.89. The Morgan fingerprint density at radius 1 is 1.14 bits per heavy atom. The van der Waals surface area contributed by atoms with Crippen molar-refractivity contribution >= 4 is 10.0 Å². The van der Waals surface area contributed by atoms with Crippen molar-refractivity contribution in [3.63, 3.8) is 0 Å². The molecule has 3 atom stereocenters. The van der Waals surface area contributed by atoms with Crippen LogP contribution < -0.4 is 0 Å². The highest BCUT2D eigenvalue weighted by Gasteiger charge is 2.48. The van der Waals surface area contributed by atoms with Crippen molar-refractivity contribution < 1.29 is 8.42 Å². The van der Waals surface area contributed by atoms with E-state index in [1.165, 1.54) is 5.56 Å². The number of fused-ring (bicyclic) bond motifs is 1. The molecule has 5 heteroatoms. The molecule has 0 saturated carbocycles. The van der Waals surface area contributed by atoms with Gasteiger partial charge in [-0.25, -0.2) is 12.7 Å². The number of nitrogens with zero attached hydrogens (tertiary/aromatic N) is 2. The molecule has 2 aliphatic rings. The lowest BCUT2D eigenvalue weighted by atomic mass is 9.90. The Kier molecular flexibility index (Phi) is 4.57. The van der Waals surface area contributed by atoms with Gasteiger partial charge in [0.25, 0.3) is 0 Å². The van der Waals surface area contributed by atoms with Gasteiger partial charge in [-0.15, -0.1) is 0 Å². The van der Waals surface area contributed by atoms with Gasteiger partial charge in [-0.2, -0.15) is 0 Å². The maximum absolute atomic E-state index is 12.5. The number of sulfonamides is 1. The van der Waals surface area contributed by atoms with Crippen molar-refractivity contribution in [2.24, 2.45) is 11.8 Å². The number of rotatable bonds is 5. The smallest absolute Gasteiger partial charge is 0.214 e. The third-order valence-corrected chi connectivity index (χ3v) is 7.04. The van der Waals surface area contributed by atoms with E-state index in [4.69, 9.17) is 0 Å². The SMILES string of the molecule is CCCCS(=O)(=O)N1C[C@@H]2CN(C)[C@@H](c3ccccc3)[C@@H]2C1. The first-order chi connectivity index (χ1) is 10.5. The molecule has 2 saturated heterocycles. The molecule has 2 heterocycles. The van der Waals surface area contributed by atoms with Crippen molar-refractivity contribution in [1.82, 2.24) is 9.21 Å². The molecule has 22 heavy (non-hydrogen) atoms. The van der Waals surface area contributed by atoms with Crippen LogP contribution in [0.4, 0.5) is 0 Å². The van der Waals surface area contributed by atoms with Crippen molar-refractivity contribution in [2.45, 2.75) is 25.8 Å². The van der Waals surface area contributed by atoms with Crippen molar-refractivity contribution in [1.29, 1.82) is 0 Å². The highest BCUT2D eigenvalue weighted by Crippen LogP contribution is 2.44. The van der Waals surface area contributed by atoms with Gasteiger partial charge in [0, 0.05) is 25.7 Å². The molecule has 122 valence electrons. The molecule has 2 aliphatic heterocycles. The summed E-state index contributed by atoms with van der Waals surface area (Å²) < 4.78 is 26.7. The molecule has 0 aliphatic carbocycles. The average Bonchev–Trinajstić information content (AvgIpc) is 3.03. The van der Waals surface area contributed by atoms with Gasteiger partial charge < -0.3 is 0 Å². The zero-order valence-corrected chi connectivity index (χ0v) is 14.3. The number of hydrogen-bond acceptors (Lipinski definition) is 3. The molecule has 0 N–H and O–H groups in total. The van der Waals surface area contributed by atoms with Crippen molar-refractivity contribution in [2.75, 3.05) is 32.4 Å². The van der Waals surface area contributed by atoms with E-state index in [0.29, 0.717) is 36.7 Å². The third kappa shape index (κ3) is 2.94. The Hall–Kier alpha value is -0.910. The minimum Gasteiger partial charge on any atom is -0.299 e. The van der Waals surface area contributed by atoms with Gasteiger partial charge in [0.2, 0.25) is 10.0 Å². The predicted octanol–water partition coefficient (Wildman–Crippen LogP) is 2.35. The lowest BCUT2D eigenvalue weighted by molar-refractivity contribution is 0.261. The molecule has 0 bridgehead atoms. The number of hydrogen-bond donors (Lipinski definition) is 0. The summed E-state index contributed by atoms with van der Waals surface area (Å²) >= 11 is 0. The van der Waals surface area contributed by atoms with Crippen LogP contribution >= 0.6 is 0 Å². The maximum Gasteiger partial charge on any atom is 0.214 e. The largest absolute Gasteiger partial charge is 0.299 e. The summed E-state index contributed by atoms with van der Waals surface area (Å²) in [6.45, 7) is 4.41. The number of unbranched alkanes of at least 4 members (excludes halogenated alkanes) is 1. The summed E-state index contributed by atoms with van der Waals surface area (Å²) in [6, 6.07) is 10.8. The van der Waals surface area contributed by atoms with Crippen molar-refractivity contribution in [3.05, 3.63) is 35.9 Å². The Morgan fingerprint density at radius 3 is 2.55 bits per heavy atom. The third-order valence-electron chi connectivity index (χ3n) is 5.15. The zero-order valence-electron chi connectivity index (χ0n) is 13.5. The monoisotopic (exact) mass is 322 g/mol. The zero-order chi connectivity index (χ0) is 15.7. The Labute approximate surface area is 134 Å². The van der Waals surface area contributed by atoms with Crippen LogP contribution in [0.2, 0.25) is 0 Å². The molecule has 0 spiro atoms. The van der Waals surface area contributed by atoms with E-state index >= 15 is 0 Å². The molecular formula is C17H26N2O2S. The first kappa shape index (κ1) is 16.0. The standard InChI is InChI=1S/C17H26N2O2S/c1-3-4-10-22(20,21)19-12-15-11-18(2)17(16(15)13-19)14-8-6-5-7-9-14/h5-9,15-17H,3-4,10-13H2,1-2H3/t15-,16+,17-/m0/s1. The van der Waals surface area contributed by atoms with E-state index in [9.17, 15) is 8.42 Å². The highest BCUT2D eigenvalue weighted by atomic mass is 32.2. The quantitative estimate of drug-likeness (QED) is 0.835. The topological polar surface area (TPSA) is 40.6 Å². The van der Waals surface area contributed by atoms with E-state index in [1.54, 1.807) is 4.31 Å². The Bertz CT molecular complexity index is 602. The fourth-order valence-electron chi connectivity index (χ4n) is 4.05. The lowest BCUT2D eigenvalue weighted by Crippen LogP contribution is -2.34. The molecule has 2 fully saturated rings. The van der Waals surface area contributed by atoms with Crippen LogP contribution in [-0.4, -0.2) is 50.1 Å². The summed E-state index contributed by atoms with van der Waals surface area (Å²) in [5, 5.41) is 0. The molecule has 0 aromatic heterocycles. The first-order valence-electron chi connectivity index (χ1n) is 8.26. The van der Waals surface area contributed by atoms with Gasteiger partial charge in [-0.05, 0) is 30.9 Å².